The highest BCUT2D eigenvalue weighted by molar-refractivity contribution is 8.13. The summed E-state index contributed by atoms with van der Waals surface area (Å²) in [6.07, 6.45) is 4.54. The third-order valence-electron chi connectivity index (χ3n) is 4.87. The Morgan fingerprint density at radius 1 is 1.35 bits per heavy atom. The maximum absolute atomic E-state index is 5.64. The Kier molecular flexibility index (Phi) is 3.68. The molecule has 120 valence electrons. The van der Waals surface area contributed by atoms with Crippen molar-refractivity contribution >= 4 is 16.9 Å². The van der Waals surface area contributed by atoms with E-state index in [1.165, 1.54) is 12.0 Å². The zero-order valence-electron chi connectivity index (χ0n) is 13.7. The molecule has 4 nitrogen and oxygen atoms in total. The molecule has 1 saturated heterocycles. The van der Waals surface area contributed by atoms with Crippen LogP contribution >= 0.6 is 11.8 Å². The molecule has 23 heavy (non-hydrogen) atoms. The van der Waals surface area contributed by atoms with Crippen LogP contribution in [0.15, 0.2) is 39.8 Å². The van der Waals surface area contributed by atoms with Gasteiger partial charge in [-0.05, 0) is 38.0 Å². The third-order valence-corrected chi connectivity index (χ3v) is 5.63. The number of likely N-dealkylation sites (tertiary alicyclic amines) is 1. The molecule has 1 aliphatic carbocycles. The highest BCUT2D eigenvalue weighted by Crippen LogP contribution is 2.54. The second-order valence-corrected chi connectivity index (χ2v) is 7.19. The summed E-state index contributed by atoms with van der Waals surface area (Å²) in [5.74, 6) is 1.64. The Morgan fingerprint density at radius 2 is 2.22 bits per heavy atom. The average Bonchev–Trinajstić information content (AvgIpc) is 2.99. The fourth-order valence-electron chi connectivity index (χ4n) is 3.69. The van der Waals surface area contributed by atoms with Gasteiger partial charge < -0.3 is 9.42 Å². The number of nitrogens with zero attached hydrogens (tertiary/aromatic N) is 3. The molecule has 3 atom stereocenters. The number of hydrogen-bond donors (Lipinski definition) is 0. The van der Waals surface area contributed by atoms with Crippen LogP contribution in [0.5, 0.6) is 0 Å². The van der Waals surface area contributed by atoms with Gasteiger partial charge in [-0.25, -0.2) is 0 Å². The summed E-state index contributed by atoms with van der Waals surface area (Å²) >= 11 is 1.72. The molecule has 1 aromatic heterocycles. The summed E-state index contributed by atoms with van der Waals surface area (Å²) in [4.78, 5) is 6.92. The molecule has 1 aliphatic heterocycles. The van der Waals surface area contributed by atoms with Crippen molar-refractivity contribution in [3.8, 4) is 11.3 Å². The standard InChI is InChI=1S/C18H21N3OS/c1-11-5-4-6-12(7-11)17-10-14(20-22-17)16-9-13-8-15(13)21(16)18(19-2)23-3/h4-7,10,13,15-16H,8-9H2,1-3H3/t13-,15-,16-/m1/s1. The van der Waals surface area contributed by atoms with Crippen LogP contribution in [0.25, 0.3) is 11.3 Å². The van der Waals surface area contributed by atoms with Crippen molar-refractivity contribution in [1.82, 2.24) is 10.1 Å². The van der Waals surface area contributed by atoms with Gasteiger partial charge in [-0.3, -0.25) is 4.99 Å². The van der Waals surface area contributed by atoms with Crippen LogP contribution in [-0.4, -0.2) is 34.6 Å². The van der Waals surface area contributed by atoms with E-state index in [1.807, 2.05) is 7.05 Å². The van der Waals surface area contributed by atoms with Crippen molar-refractivity contribution in [3.63, 3.8) is 0 Å². The van der Waals surface area contributed by atoms with Crippen LogP contribution in [0, 0.1) is 12.8 Å². The maximum atomic E-state index is 5.64. The minimum absolute atomic E-state index is 0.298. The van der Waals surface area contributed by atoms with Crippen LogP contribution in [0.3, 0.4) is 0 Å². The minimum Gasteiger partial charge on any atom is -0.356 e. The van der Waals surface area contributed by atoms with Crippen LogP contribution in [0.4, 0.5) is 0 Å². The van der Waals surface area contributed by atoms with Crippen molar-refractivity contribution < 1.29 is 4.52 Å². The Bertz CT molecular complexity index is 754. The number of hydrogen-bond acceptors (Lipinski definition) is 4. The number of benzene rings is 1. The Labute approximate surface area is 141 Å². The summed E-state index contributed by atoms with van der Waals surface area (Å²) in [7, 11) is 1.87. The molecule has 2 heterocycles. The second-order valence-electron chi connectivity index (χ2n) is 6.42. The molecule has 0 bridgehead atoms. The molecular formula is C18H21N3OS. The van der Waals surface area contributed by atoms with Gasteiger partial charge in [0.2, 0.25) is 0 Å². The van der Waals surface area contributed by atoms with E-state index in [2.05, 4.69) is 58.6 Å². The number of rotatable bonds is 2. The lowest BCUT2D eigenvalue weighted by Gasteiger charge is -2.28. The highest BCUT2D eigenvalue weighted by atomic mass is 32.2. The summed E-state index contributed by atoms with van der Waals surface area (Å²) < 4.78 is 5.64. The largest absolute Gasteiger partial charge is 0.356 e. The molecule has 1 saturated carbocycles. The van der Waals surface area contributed by atoms with Crippen molar-refractivity contribution in [2.45, 2.75) is 31.8 Å². The Balaban J connectivity index is 1.64. The van der Waals surface area contributed by atoms with Gasteiger partial charge in [0, 0.05) is 24.7 Å². The predicted octanol–water partition coefficient (Wildman–Crippen LogP) is 4.13. The van der Waals surface area contributed by atoms with Gasteiger partial charge in [-0.15, -0.1) is 0 Å². The number of fused-ring (bicyclic) bond motifs is 1. The molecule has 5 heteroatoms. The van der Waals surface area contributed by atoms with Gasteiger partial charge >= 0.3 is 0 Å². The molecule has 0 unspecified atom stereocenters. The average molecular weight is 327 g/mol. The topological polar surface area (TPSA) is 41.6 Å². The van der Waals surface area contributed by atoms with Crippen molar-refractivity contribution in [2.24, 2.45) is 10.9 Å². The fraction of sp³-hybridized carbons (Fsp3) is 0.444. The lowest BCUT2D eigenvalue weighted by molar-refractivity contribution is 0.327. The molecule has 0 N–H and O–H groups in total. The van der Waals surface area contributed by atoms with E-state index in [9.17, 15) is 0 Å². The van der Waals surface area contributed by atoms with Crippen LogP contribution in [0.1, 0.15) is 30.1 Å². The highest BCUT2D eigenvalue weighted by Gasteiger charge is 2.54. The first-order valence-electron chi connectivity index (χ1n) is 8.04. The van der Waals surface area contributed by atoms with Gasteiger partial charge in [0.1, 0.15) is 5.69 Å². The van der Waals surface area contributed by atoms with Gasteiger partial charge in [-0.2, -0.15) is 0 Å². The smallest absolute Gasteiger partial charge is 0.167 e. The molecule has 2 aliphatic rings. The van der Waals surface area contributed by atoms with Crippen molar-refractivity contribution in [3.05, 3.63) is 41.6 Å². The number of amidine groups is 1. The van der Waals surface area contributed by atoms with Crippen LogP contribution < -0.4 is 0 Å². The first kappa shape index (κ1) is 14.8. The lowest BCUT2D eigenvalue weighted by atomic mass is 10.1. The van der Waals surface area contributed by atoms with Crippen LogP contribution in [0.2, 0.25) is 0 Å². The minimum atomic E-state index is 0.298. The summed E-state index contributed by atoms with van der Waals surface area (Å²) in [6.45, 7) is 2.09. The molecular weight excluding hydrogens is 306 g/mol. The molecule has 2 fully saturated rings. The normalized spacial score (nSPS) is 26.5. The molecule has 4 rings (SSSR count). The van der Waals surface area contributed by atoms with Crippen LogP contribution in [-0.2, 0) is 0 Å². The Hall–Kier alpha value is -1.75. The van der Waals surface area contributed by atoms with E-state index in [0.717, 1.165) is 34.5 Å². The zero-order chi connectivity index (χ0) is 16.0. The monoisotopic (exact) mass is 327 g/mol. The fourth-order valence-corrected chi connectivity index (χ4v) is 4.34. The number of aryl methyl sites for hydroxylation is 1. The van der Waals surface area contributed by atoms with Gasteiger partial charge in [0.05, 0.1) is 6.04 Å². The van der Waals surface area contributed by atoms with E-state index in [-0.39, 0.29) is 0 Å². The lowest BCUT2D eigenvalue weighted by Crippen LogP contribution is -2.31. The predicted molar refractivity (Wildman–Crippen MR) is 94.6 cm³/mol. The molecule has 0 radical (unpaired) electrons. The molecule has 1 aromatic carbocycles. The van der Waals surface area contributed by atoms with E-state index in [1.54, 1.807) is 11.8 Å². The number of piperidine rings is 1. The number of thioether (sulfide) groups is 1. The van der Waals surface area contributed by atoms with E-state index >= 15 is 0 Å². The maximum Gasteiger partial charge on any atom is 0.167 e. The van der Waals surface area contributed by atoms with Gasteiger partial charge in [-0.1, -0.05) is 40.7 Å². The Morgan fingerprint density at radius 3 is 2.96 bits per heavy atom. The van der Waals surface area contributed by atoms with Crippen molar-refractivity contribution in [1.29, 1.82) is 0 Å². The zero-order valence-corrected chi connectivity index (χ0v) is 14.5. The first-order valence-corrected chi connectivity index (χ1v) is 9.26. The molecule has 0 spiro atoms. The van der Waals surface area contributed by atoms with E-state index in [0.29, 0.717) is 12.1 Å². The summed E-state index contributed by atoms with van der Waals surface area (Å²) in [5.41, 5.74) is 3.35. The number of aliphatic imine (C=N–C) groups is 1. The quantitative estimate of drug-likeness (QED) is 0.614. The van der Waals surface area contributed by atoms with Gasteiger partial charge in [0.25, 0.3) is 0 Å². The SMILES string of the molecule is CN=C(SC)N1[C@@H](c2cc(-c3cccc(C)c3)on2)C[C@H]2C[C@H]21. The van der Waals surface area contributed by atoms with E-state index < -0.39 is 0 Å². The second kappa shape index (κ2) is 5.71. The summed E-state index contributed by atoms with van der Waals surface area (Å²) in [6, 6.07) is 11.4. The number of aromatic nitrogens is 1. The van der Waals surface area contributed by atoms with Gasteiger partial charge in [0.15, 0.2) is 10.9 Å². The van der Waals surface area contributed by atoms with Crippen molar-refractivity contribution in [2.75, 3.05) is 13.3 Å². The summed E-state index contributed by atoms with van der Waals surface area (Å²) in [5, 5.41) is 5.49. The molecule has 0 amide bonds. The first-order chi connectivity index (χ1) is 11.2. The molecule has 2 aromatic rings. The third kappa shape index (κ3) is 2.57. The van der Waals surface area contributed by atoms with E-state index in [4.69, 9.17) is 4.52 Å².